The minimum Gasteiger partial charge on any atom is -0.325 e. The number of aryl methyl sites for hydroxylation is 2. The van der Waals surface area contributed by atoms with Crippen LogP contribution in [-0.2, 0) is 9.59 Å². The van der Waals surface area contributed by atoms with Gasteiger partial charge in [0.1, 0.15) is 6.54 Å². The number of amides is 2. The van der Waals surface area contributed by atoms with Gasteiger partial charge in [0.25, 0.3) is 0 Å². The van der Waals surface area contributed by atoms with Crippen molar-refractivity contribution in [1.82, 2.24) is 0 Å². The highest BCUT2D eigenvalue weighted by Crippen LogP contribution is 2.17. The van der Waals surface area contributed by atoms with Crippen LogP contribution in [0.1, 0.15) is 23.6 Å². The summed E-state index contributed by atoms with van der Waals surface area (Å²) in [6.45, 7) is 5.19. The highest BCUT2D eigenvalue weighted by Gasteiger charge is 2.16. The van der Waals surface area contributed by atoms with Crippen molar-refractivity contribution in [1.29, 1.82) is 5.26 Å². The van der Waals surface area contributed by atoms with Crippen LogP contribution in [0.2, 0.25) is 0 Å². The number of benzene rings is 2. The van der Waals surface area contributed by atoms with Gasteiger partial charge in [-0.25, -0.2) is 0 Å². The van der Waals surface area contributed by atoms with Crippen molar-refractivity contribution in [3.8, 4) is 6.07 Å². The smallest absolute Gasteiger partial charge is 0.244 e. The predicted molar refractivity (Wildman–Crippen MR) is 93.7 cm³/mol. The zero-order valence-corrected chi connectivity index (χ0v) is 14.0. The molecule has 0 aliphatic rings. The van der Waals surface area contributed by atoms with E-state index in [2.05, 4.69) is 5.32 Å². The Balaban J connectivity index is 2.17. The summed E-state index contributed by atoms with van der Waals surface area (Å²) in [5, 5.41) is 11.8. The molecule has 2 rings (SSSR count). The largest absolute Gasteiger partial charge is 0.325 e. The first-order valence-corrected chi connectivity index (χ1v) is 7.55. The molecular formula is C19H19N3O2. The van der Waals surface area contributed by atoms with E-state index in [4.69, 9.17) is 5.26 Å². The van der Waals surface area contributed by atoms with Crippen LogP contribution in [0, 0.1) is 25.2 Å². The number of hydrogen-bond donors (Lipinski definition) is 1. The van der Waals surface area contributed by atoms with E-state index in [1.54, 1.807) is 24.3 Å². The second kappa shape index (κ2) is 7.42. The van der Waals surface area contributed by atoms with E-state index in [0.29, 0.717) is 16.9 Å². The maximum absolute atomic E-state index is 12.3. The van der Waals surface area contributed by atoms with Crippen LogP contribution in [0.15, 0.2) is 42.5 Å². The molecule has 122 valence electrons. The number of carbonyl (C=O) groups excluding carboxylic acids is 2. The monoisotopic (exact) mass is 321 g/mol. The molecule has 1 N–H and O–H groups in total. The van der Waals surface area contributed by atoms with E-state index in [9.17, 15) is 9.59 Å². The molecule has 0 saturated heterocycles. The minimum absolute atomic E-state index is 0.114. The Morgan fingerprint density at radius 3 is 2.38 bits per heavy atom. The van der Waals surface area contributed by atoms with Crippen LogP contribution in [0.25, 0.3) is 0 Å². The molecule has 2 aromatic carbocycles. The molecular weight excluding hydrogens is 302 g/mol. The molecule has 0 aromatic heterocycles. The summed E-state index contributed by atoms with van der Waals surface area (Å²) in [7, 11) is 0. The molecule has 0 heterocycles. The van der Waals surface area contributed by atoms with Gasteiger partial charge < -0.3 is 10.2 Å². The fraction of sp³-hybridized carbons (Fsp3) is 0.211. The zero-order chi connectivity index (χ0) is 17.7. The standard InChI is InChI=1S/C19H19N3O2/c1-13-7-14(2)9-17(8-13)21-19(24)12-22(15(3)23)18-6-4-5-16(10-18)11-20/h4-10H,12H2,1-3H3,(H,21,24). The minimum atomic E-state index is -0.294. The Labute approximate surface area is 141 Å². The van der Waals surface area contributed by atoms with E-state index < -0.39 is 0 Å². The lowest BCUT2D eigenvalue weighted by Crippen LogP contribution is -2.36. The fourth-order valence-corrected chi connectivity index (χ4v) is 2.52. The normalized spacial score (nSPS) is 9.92. The first-order chi connectivity index (χ1) is 11.4. The molecule has 24 heavy (non-hydrogen) atoms. The summed E-state index contributed by atoms with van der Waals surface area (Å²) >= 11 is 0. The van der Waals surface area contributed by atoms with Gasteiger partial charge in [-0.1, -0.05) is 12.1 Å². The van der Waals surface area contributed by atoms with Gasteiger partial charge in [0.15, 0.2) is 0 Å². The molecule has 0 atom stereocenters. The summed E-state index contributed by atoms with van der Waals surface area (Å²) in [6.07, 6.45) is 0. The van der Waals surface area contributed by atoms with Crippen molar-refractivity contribution >= 4 is 23.2 Å². The Kier molecular flexibility index (Phi) is 5.33. The number of nitrogens with one attached hydrogen (secondary N) is 1. The van der Waals surface area contributed by atoms with Crippen LogP contribution in [0.3, 0.4) is 0 Å². The SMILES string of the molecule is CC(=O)N(CC(=O)Nc1cc(C)cc(C)c1)c1cccc(C#N)c1. The summed E-state index contributed by atoms with van der Waals surface area (Å²) in [5.41, 5.74) is 3.77. The van der Waals surface area contributed by atoms with Gasteiger partial charge in [0.05, 0.1) is 11.6 Å². The van der Waals surface area contributed by atoms with Crippen molar-refractivity contribution in [3.05, 3.63) is 59.2 Å². The molecule has 0 aliphatic heterocycles. The first-order valence-electron chi connectivity index (χ1n) is 7.55. The van der Waals surface area contributed by atoms with Gasteiger partial charge in [-0.2, -0.15) is 5.26 Å². The van der Waals surface area contributed by atoms with Gasteiger partial charge in [-0.05, 0) is 55.3 Å². The van der Waals surface area contributed by atoms with Gasteiger partial charge in [0, 0.05) is 18.3 Å². The summed E-state index contributed by atoms with van der Waals surface area (Å²) in [6, 6.07) is 14.4. The number of rotatable bonds is 4. The van der Waals surface area contributed by atoms with E-state index in [0.717, 1.165) is 11.1 Å². The Morgan fingerprint density at radius 2 is 1.79 bits per heavy atom. The van der Waals surface area contributed by atoms with Crippen molar-refractivity contribution in [2.75, 3.05) is 16.8 Å². The van der Waals surface area contributed by atoms with Gasteiger partial charge in [0.2, 0.25) is 11.8 Å². The fourth-order valence-electron chi connectivity index (χ4n) is 2.52. The summed E-state index contributed by atoms with van der Waals surface area (Å²) < 4.78 is 0. The summed E-state index contributed by atoms with van der Waals surface area (Å²) in [5.74, 6) is -0.557. The molecule has 5 heteroatoms. The molecule has 0 saturated carbocycles. The molecule has 0 radical (unpaired) electrons. The van der Waals surface area contributed by atoms with Gasteiger partial charge in [-0.15, -0.1) is 0 Å². The number of nitrogens with zero attached hydrogens (tertiary/aromatic N) is 2. The van der Waals surface area contributed by atoms with Crippen molar-refractivity contribution in [2.24, 2.45) is 0 Å². The molecule has 0 spiro atoms. The lowest BCUT2D eigenvalue weighted by molar-refractivity contribution is -0.120. The van der Waals surface area contributed by atoms with Crippen molar-refractivity contribution in [2.45, 2.75) is 20.8 Å². The first kappa shape index (κ1) is 17.2. The van der Waals surface area contributed by atoms with Gasteiger partial charge in [-0.3, -0.25) is 9.59 Å². The summed E-state index contributed by atoms with van der Waals surface area (Å²) in [4.78, 5) is 25.6. The van der Waals surface area contributed by atoms with Gasteiger partial charge >= 0.3 is 0 Å². The lowest BCUT2D eigenvalue weighted by Gasteiger charge is -2.21. The topological polar surface area (TPSA) is 73.2 Å². The predicted octanol–water partition coefficient (Wildman–Crippen LogP) is 3.17. The molecule has 5 nitrogen and oxygen atoms in total. The Hall–Kier alpha value is -3.13. The average molecular weight is 321 g/mol. The molecule has 0 fully saturated rings. The average Bonchev–Trinajstić information content (AvgIpc) is 2.51. The highest BCUT2D eigenvalue weighted by atomic mass is 16.2. The molecule has 2 aromatic rings. The third kappa shape index (κ3) is 4.43. The number of hydrogen-bond acceptors (Lipinski definition) is 3. The molecule has 0 bridgehead atoms. The number of anilines is 2. The van der Waals surface area contributed by atoms with E-state index in [-0.39, 0.29) is 18.4 Å². The maximum Gasteiger partial charge on any atom is 0.244 e. The zero-order valence-electron chi connectivity index (χ0n) is 14.0. The van der Waals surface area contributed by atoms with Crippen LogP contribution >= 0.6 is 0 Å². The second-order valence-corrected chi connectivity index (χ2v) is 5.69. The van der Waals surface area contributed by atoms with E-state index in [1.807, 2.05) is 38.1 Å². The highest BCUT2D eigenvalue weighted by molar-refractivity contribution is 6.01. The molecule has 0 aliphatic carbocycles. The van der Waals surface area contributed by atoms with Crippen molar-refractivity contribution < 1.29 is 9.59 Å². The Bertz CT molecular complexity index is 801. The van der Waals surface area contributed by atoms with Crippen LogP contribution in [0.4, 0.5) is 11.4 Å². The number of carbonyl (C=O) groups is 2. The number of nitriles is 1. The van der Waals surface area contributed by atoms with Crippen LogP contribution < -0.4 is 10.2 Å². The maximum atomic E-state index is 12.3. The quantitative estimate of drug-likeness (QED) is 0.940. The van der Waals surface area contributed by atoms with Crippen LogP contribution in [0.5, 0.6) is 0 Å². The third-order valence-corrected chi connectivity index (χ3v) is 3.47. The van der Waals surface area contributed by atoms with Crippen LogP contribution in [-0.4, -0.2) is 18.4 Å². The molecule has 0 unspecified atom stereocenters. The Morgan fingerprint density at radius 1 is 1.12 bits per heavy atom. The third-order valence-electron chi connectivity index (χ3n) is 3.47. The van der Waals surface area contributed by atoms with E-state index >= 15 is 0 Å². The molecule has 2 amide bonds. The second-order valence-electron chi connectivity index (χ2n) is 5.69. The van der Waals surface area contributed by atoms with E-state index in [1.165, 1.54) is 11.8 Å². The lowest BCUT2D eigenvalue weighted by atomic mass is 10.1. The van der Waals surface area contributed by atoms with Crippen molar-refractivity contribution in [3.63, 3.8) is 0 Å².